The monoisotopic (exact) mass is 486 g/mol. The van der Waals surface area contributed by atoms with E-state index in [4.69, 9.17) is 4.42 Å². The number of carboxylic acids is 1. The van der Waals surface area contributed by atoms with Crippen molar-refractivity contribution >= 4 is 28.7 Å². The van der Waals surface area contributed by atoms with Crippen molar-refractivity contribution in [1.82, 2.24) is 14.8 Å². The highest BCUT2D eigenvalue weighted by Gasteiger charge is 2.34. The van der Waals surface area contributed by atoms with Gasteiger partial charge in [-0.1, -0.05) is 25.1 Å². The Morgan fingerprint density at radius 2 is 1.86 bits per heavy atom. The number of furan rings is 1. The predicted molar refractivity (Wildman–Crippen MR) is 137 cm³/mol. The summed E-state index contributed by atoms with van der Waals surface area (Å²) in [5, 5.41) is 15.5. The minimum atomic E-state index is -1.13. The van der Waals surface area contributed by atoms with Crippen molar-refractivity contribution in [3.05, 3.63) is 60.4 Å². The number of carboxylic acid groups (broad SMARTS) is 1. The SMILES string of the molecule is CC1CCC(C(=O)N(c2nn(-c3ccc(-c4cc5ccccc5o4)nc3)cc2C(=O)O)C(C)C)CC1. The van der Waals surface area contributed by atoms with E-state index in [9.17, 15) is 14.7 Å². The van der Waals surface area contributed by atoms with Crippen LogP contribution in [-0.4, -0.2) is 37.8 Å². The van der Waals surface area contributed by atoms with Gasteiger partial charge in [0.25, 0.3) is 0 Å². The Hall–Kier alpha value is -3.94. The van der Waals surface area contributed by atoms with Gasteiger partial charge in [0, 0.05) is 23.5 Å². The molecule has 0 bridgehead atoms. The lowest BCUT2D eigenvalue weighted by molar-refractivity contribution is -0.124. The van der Waals surface area contributed by atoms with E-state index in [1.165, 1.54) is 10.9 Å². The van der Waals surface area contributed by atoms with Crippen LogP contribution in [0.5, 0.6) is 0 Å². The molecule has 1 aliphatic rings. The number of carbonyl (C=O) groups excluding carboxylic acids is 1. The zero-order chi connectivity index (χ0) is 25.4. The fourth-order valence-electron chi connectivity index (χ4n) is 4.91. The number of aromatic nitrogens is 3. The molecule has 3 aromatic heterocycles. The Morgan fingerprint density at radius 3 is 2.50 bits per heavy atom. The van der Waals surface area contributed by atoms with E-state index in [-0.39, 0.29) is 29.2 Å². The van der Waals surface area contributed by atoms with Crippen molar-refractivity contribution in [2.75, 3.05) is 4.90 Å². The van der Waals surface area contributed by atoms with Crippen molar-refractivity contribution < 1.29 is 19.1 Å². The smallest absolute Gasteiger partial charge is 0.341 e. The molecule has 1 aromatic carbocycles. The molecule has 0 radical (unpaired) electrons. The summed E-state index contributed by atoms with van der Waals surface area (Å²) in [6, 6.07) is 13.1. The van der Waals surface area contributed by atoms with E-state index in [1.807, 2.05) is 56.3 Å². The summed E-state index contributed by atoms with van der Waals surface area (Å²) in [4.78, 5) is 31.7. The van der Waals surface area contributed by atoms with Crippen LogP contribution in [0.2, 0.25) is 0 Å². The molecule has 3 heterocycles. The lowest BCUT2D eigenvalue weighted by Gasteiger charge is -2.32. The molecule has 0 spiro atoms. The minimum absolute atomic E-state index is 0.0115. The number of fused-ring (bicyclic) bond motifs is 1. The predicted octanol–water partition coefficient (Wildman–Crippen LogP) is 5.95. The molecule has 0 unspecified atom stereocenters. The molecule has 0 aliphatic heterocycles. The maximum absolute atomic E-state index is 13.5. The molecular formula is C28H30N4O4. The topological polar surface area (TPSA) is 101 Å². The Kier molecular flexibility index (Phi) is 6.35. The minimum Gasteiger partial charge on any atom is -0.477 e. The number of benzene rings is 1. The second-order valence-corrected chi connectivity index (χ2v) is 9.93. The molecular weight excluding hydrogens is 456 g/mol. The molecule has 4 aromatic rings. The van der Waals surface area contributed by atoms with Crippen LogP contribution >= 0.6 is 0 Å². The first-order chi connectivity index (χ1) is 17.3. The number of rotatable bonds is 6. The van der Waals surface area contributed by atoms with Gasteiger partial charge in [-0.3, -0.25) is 14.7 Å². The quantitative estimate of drug-likeness (QED) is 0.362. The van der Waals surface area contributed by atoms with E-state index in [1.54, 1.807) is 11.1 Å². The first-order valence-corrected chi connectivity index (χ1v) is 12.4. The lowest BCUT2D eigenvalue weighted by atomic mass is 9.82. The van der Waals surface area contributed by atoms with Crippen LogP contribution in [-0.2, 0) is 4.79 Å². The van der Waals surface area contributed by atoms with Crippen LogP contribution in [0.25, 0.3) is 28.1 Å². The van der Waals surface area contributed by atoms with E-state index >= 15 is 0 Å². The number of nitrogens with zero attached hydrogens (tertiary/aromatic N) is 4. The summed E-state index contributed by atoms with van der Waals surface area (Å²) >= 11 is 0. The number of hydrogen-bond donors (Lipinski definition) is 1. The summed E-state index contributed by atoms with van der Waals surface area (Å²) in [6.07, 6.45) is 6.72. The van der Waals surface area contributed by atoms with Gasteiger partial charge in [-0.15, -0.1) is 5.10 Å². The molecule has 0 saturated heterocycles. The number of para-hydroxylation sites is 1. The molecule has 8 nitrogen and oxygen atoms in total. The highest BCUT2D eigenvalue weighted by Crippen LogP contribution is 2.33. The average Bonchev–Trinajstić information content (AvgIpc) is 3.49. The fraction of sp³-hybridized carbons (Fsp3) is 0.357. The molecule has 186 valence electrons. The second-order valence-electron chi connectivity index (χ2n) is 9.93. The summed E-state index contributed by atoms with van der Waals surface area (Å²) in [6.45, 7) is 5.98. The van der Waals surface area contributed by atoms with E-state index in [0.717, 1.165) is 36.7 Å². The molecule has 1 amide bonds. The zero-order valence-corrected chi connectivity index (χ0v) is 20.7. The summed E-state index contributed by atoms with van der Waals surface area (Å²) in [5.74, 6) is 0.142. The Morgan fingerprint density at radius 1 is 1.11 bits per heavy atom. The van der Waals surface area contributed by atoms with Gasteiger partial charge in [-0.25, -0.2) is 9.48 Å². The molecule has 1 fully saturated rings. The Bertz CT molecular complexity index is 1360. The van der Waals surface area contributed by atoms with Crippen LogP contribution < -0.4 is 4.90 Å². The molecule has 0 atom stereocenters. The van der Waals surface area contributed by atoms with Crippen LogP contribution in [0.4, 0.5) is 5.82 Å². The van der Waals surface area contributed by atoms with Crippen molar-refractivity contribution in [2.45, 2.75) is 52.5 Å². The number of amides is 1. The van der Waals surface area contributed by atoms with Crippen LogP contribution in [0, 0.1) is 11.8 Å². The van der Waals surface area contributed by atoms with Gasteiger partial charge in [0.2, 0.25) is 5.91 Å². The number of aromatic carboxylic acids is 1. The number of carbonyl (C=O) groups is 2. The van der Waals surface area contributed by atoms with Gasteiger partial charge in [-0.2, -0.15) is 0 Å². The second kappa shape index (κ2) is 9.60. The first-order valence-electron chi connectivity index (χ1n) is 12.4. The van der Waals surface area contributed by atoms with Gasteiger partial charge >= 0.3 is 5.97 Å². The van der Waals surface area contributed by atoms with Gasteiger partial charge in [0.15, 0.2) is 11.6 Å². The van der Waals surface area contributed by atoms with Crippen molar-refractivity contribution in [3.8, 4) is 17.1 Å². The van der Waals surface area contributed by atoms with Crippen LogP contribution in [0.15, 0.2) is 59.3 Å². The molecule has 5 rings (SSSR count). The number of hydrogen-bond acceptors (Lipinski definition) is 5. The lowest BCUT2D eigenvalue weighted by Crippen LogP contribution is -2.43. The third kappa shape index (κ3) is 4.51. The molecule has 1 aliphatic carbocycles. The Labute approximate surface area is 209 Å². The molecule has 8 heteroatoms. The Balaban J connectivity index is 1.46. The van der Waals surface area contributed by atoms with Gasteiger partial charge in [-0.05, 0) is 69.7 Å². The molecule has 36 heavy (non-hydrogen) atoms. The maximum atomic E-state index is 13.5. The average molecular weight is 487 g/mol. The molecule has 1 saturated carbocycles. The third-order valence-electron chi connectivity index (χ3n) is 6.96. The molecule has 1 N–H and O–H groups in total. The standard InChI is InChI=1S/C28H30N4O4/c1-17(2)32(27(33)19-10-8-18(3)9-11-19)26-22(28(34)35)16-31(30-26)21-12-13-23(29-15-21)25-14-20-6-4-5-7-24(20)36-25/h4-7,12-19H,8-11H2,1-3H3,(H,34,35). The van der Waals surface area contributed by atoms with E-state index in [2.05, 4.69) is 17.0 Å². The zero-order valence-electron chi connectivity index (χ0n) is 20.7. The summed E-state index contributed by atoms with van der Waals surface area (Å²) in [7, 11) is 0. The summed E-state index contributed by atoms with van der Waals surface area (Å²) in [5.41, 5.74) is 2.02. The normalized spacial score (nSPS) is 18.0. The number of anilines is 1. The van der Waals surface area contributed by atoms with E-state index in [0.29, 0.717) is 23.1 Å². The van der Waals surface area contributed by atoms with Crippen LogP contribution in [0.3, 0.4) is 0 Å². The third-order valence-corrected chi connectivity index (χ3v) is 6.96. The van der Waals surface area contributed by atoms with Crippen molar-refractivity contribution in [3.63, 3.8) is 0 Å². The number of pyridine rings is 1. The first kappa shape index (κ1) is 23.8. The highest BCUT2D eigenvalue weighted by atomic mass is 16.4. The highest BCUT2D eigenvalue weighted by molar-refractivity contribution is 6.01. The largest absolute Gasteiger partial charge is 0.477 e. The summed E-state index contributed by atoms with van der Waals surface area (Å²) < 4.78 is 7.37. The fourth-order valence-corrected chi connectivity index (χ4v) is 4.91. The van der Waals surface area contributed by atoms with Crippen molar-refractivity contribution in [1.29, 1.82) is 0 Å². The van der Waals surface area contributed by atoms with Crippen molar-refractivity contribution in [2.24, 2.45) is 11.8 Å². The van der Waals surface area contributed by atoms with E-state index < -0.39 is 5.97 Å². The van der Waals surface area contributed by atoms with Gasteiger partial charge < -0.3 is 9.52 Å². The van der Waals surface area contributed by atoms with Gasteiger partial charge in [0.1, 0.15) is 16.8 Å². The van der Waals surface area contributed by atoms with Crippen LogP contribution in [0.1, 0.15) is 56.8 Å². The maximum Gasteiger partial charge on any atom is 0.341 e. The van der Waals surface area contributed by atoms with Gasteiger partial charge in [0.05, 0.1) is 11.9 Å².